The molecule has 2 aromatic rings. The van der Waals surface area contributed by atoms with Crippen molar-refractivity contribution in [3.8, 4) is 0 Å². The molecule has 1 unspecified atom stereocenters. The second-order valence-electron chi connectivity index (χ2n) is 6.15. The lowest BCUT2D eigenvalue weighted by Crippen LogP contribution is -2.43. The largest absolute Gasteiger partial charge is 0.479 e. The van der Waals surface area contributed by atoms with E-state index in [-0.39, 0.29) is 11.8 Å². The summed E-state index contributed by atoms with van der Waals surface area (Å²) in [5.41, 5.74) is 3.12. The molecule has 23 heavy (non-hydrogen) atoms. The van der Waals surface area contributed by atoms with Crippen molar-refractivity contribution >= 4 is 11.9 Å². The molecule has 1 aliphatic heterocycles. The summed E-state index contributed by atoms with van der Waals surface area (Å²) in [5.74, 6) is -1.05. The average molecular weight is 312 g/mol. The standard InChI is InChI=1S/C18H20N2O3/c1-11(2)15-14(7-9-19-15)17(21)20-10-8-12-5-3-4-6-13(12)16(20)18(22)23/h3-7,9,11,16,19H,8,10H2,1-2H3,(H,22,23). The van der Waals surface area contributed by atoms with Gasteiger partial charge in [0.2, 0.25) is 0 Å². The summed E-state index contributed by atoms with van der Waals surface area (Å²) in [6, 6.07) is 8.26. The van der Waals surface area contributed by atoms with Gasteiger partial charge in [0, 0.05) is 18.4 Å². The van der Waals surface area contributed by atoms with Gasteiger partial charge in [-0.25, -0.2) is 4.79 Å². The molecule has 1 aromatic heterocycles. The molecular weight excluding hydrogens is 292 g/mol. The van der Waals surface area contributed by atoms with Gasteiger partial charge in [-0.1, -0.05) is 38.1 Å². The normalized spacial score (nSPS) is 17.2. The highest BCUT2D eigenvalue weighted by Crippen LogP contribution is 2.32. The number of fused-ring (bicyclic) bond motifs is 1. The van der Waals surface area contributed by atoms with E-state index in [2.05, 4.69) is 4.98 Å². The zero-order valence-corrected chi connectivity index (χ0v) is 13.2. The van der Waals surface area contributed by atoms with Gasteiger partial charge in [-0.05, 0) is 29.5 Å². The maximum atomic E-state index is 13.0. The van der Waals surface area contributed by atoms with Crippen LogP contribution in [0.2, 0.25) is 0 Å². The summed E-state index contributed by atoms with van der Waals surface area (Å²) in [7, 11) is 0. The fourth-order valence-electron chi connectivity index (χ4n) is 3.25. The number of nitrogens with zero attached hydrogens (tertiary/aromatic N) is 1. The van der Waals surface area contributed by atoms with E-state index >= 15 is 0 Å². The lowest BCUT2D eigenvalue weighted by atomic mass is 9.91. The Hall–Kier alpha value is -2.56. The van der Waals surface area contributed by atoms with E-state index in [0.717, 1.165) is 11.3 Å². The highest BCUT2D eigenvalue weighted by Gasteiger charge is 2.37. The molecule has 0 bridgehead atoms. The number of nitrogens with one attached hydrogen (secondary N) is 1. The van der Waals surface area contributed by atoms with Crippen LogP contribution in [0.25, 0.3) is 0 Å². The SMILES string of the molecule is CC(C)c1[nH]ccc1C(=O)N1CCc2ccccc2C1C(=O)O. The molecule has 0 saturated heterocycles. The first-order valence-electron chi connectivity index (χ1n) is 7.79. The van der Waals surface area contributed by atoms with E-state index in [1.165, 1.54) is 4.90 Å². The van der Waals surface area contributed by atoms with E-state index < -0.39 is 12.0 Å². The summed E-state index contributed by atoms with van der Waals surface area (Å²) in [5, 5.41) is 9.68. The van der Waals surface area contributed by atoms with Gasteiger partial charge in [0.15, 0.2) is 6.04 Å². The summed E-state index contributed by atoms with van der Waals surface area (Å²) < 4.78 is 0. The van der Waals surface area contributed by atoms with Gasteiger partial charge in [0.05, 0.1) is 5.56 Å². The lowest BCUT2D eigenvalue weighted by molar-refractivity contribution is -0.143. The van der Waals surface area contributed by atoms with Crippen LogP contribution < -0.4 is 0 Å². The second-order valence-corrected chi connectivity index (χ2v) is 6.15. The van der Waals surface area contributed by atoms with E-state index in [1.807, 2.05) is 32.0 Å². The summed E-state index contributed by atoms with van der Waals surface area (Å²) in [6.45, 7) is 4.42. The fraction of sp³-hybridized carbons (Fsp3) is 0.333. The number of rotatable bonds is 3. The number of aromatic amines is 1. The van der Waals surface area contributed by atoms with Crippen LogP contribution in [0.1, 0.15) is 53.0 Å². The molecule has 1 atom stereocenters. The number of carboxylic acid groups (broad SMARTS) is 1. The molecule has 1 aliphatic rings. The number of hydrogen-bond donors (Lipinski definition) is 2. The first kappa shape index (κ1) is 15.3. The number of benzene rings is 1. The molecule has 2 N–H and O–H groups in total. The molecule has 5 heteroatoms. The van der Waals surface area contributed by atoms with Crippen LogP contribution in [-0.4, -0.2) is 33.4 Å². The molecule has 1 aromatic carbocycles. The van der Waals surface area contributed by atoms with E-state index in [1.54, 1.807) is 18.3 Å². The predicted octanol–water partition coefficient (Wildman–Crippen LogP) is 2.96. The van der Waals surface area contributed by atoms with Gasteiger partial charge in [-0.2, -0.15) is 0 Å². The fourth-order valence-corrected chi connectivity index (χ4v) is 3.25. The number of carbonyl (C=O) groups excluding carboxylic acids is 1. The minimum absolute atomic E-state index is 0.171. The van der Waals surface area contributed by atoms with Gasteiger partial charge in [0.25, 0.3) is 5.91 Å². The number of H-pyrrole nitrogens is 1. The summed E-state index contributed by atoms with van der Waals surface area (Å²) in [4.78, 5) is 29.3. The van der Waals surface area contributed by atoms with E-state index in [9.17, 15) is 14.7 Å². The van der Waals surface area contributed by atoms with Gasteiger partial charge in [0.1, 0.15) is 0 Å². The molecule has 0 fully saturated rings. The monoisotopic (exact) mass is 312 g/mol. The number of carboxylic acids is 1. The Balaban J connectivity index is 2.01. The molecule has 3 rings (SSSR count). The molecule has 0 aliphatic carbocycles. The highest BCUT2D eigenvalue weighted by molar-refractivity contribution is 5.98. The zero-order chi connectivity index (χ0) is 16.6. The third kappa shape index (κ3) is 2.63. The Labute approximate surface area is 134 Å². The first-order valence-corrected chi connectivity index (χ1v) is 7.79. The number of aliphatic carboxylic acids is 1. The molecule has 0 saturated carbocycles. The van der Waals surface area contributed by atoms with Crippen molar-refractivity contribution in [3.05, 3.63) is 58.9 Å². The van der Waals surface area contributed by atoms with Crippen LogP contribution >= 0.6 is 0 Å². The minimum atomic E-state index is -0.993. The first-order chi connectivity index (χ1) is 11.0. The van der Waals surface area contributed by atoms with Crippen molar-refractivity contribution in [2.45, 2.75) is 32.2 Å². The molecule has 120 valence electrons. The Kier molecular flexibility index (Phi) is 3.94. The maximum Gasteiger partial charge on any atom is 0.331 e. The quantitative estimate of drug-likeness (QED) is 0.915. The van der Waals surface area contributed by atoms with Gasteiger partial charge >= 0.3 is 5.97 Å². The van der Waals surface area contributed by atoms with Crippen LogP contribution in [0.15, 0.2) is 36.5 Å². The topological polar surface area (TPSA) is 73.4 Å². The second kappa shape index (κ2) is 5.91. The van der Waals surface area contributed by atoms with Crippen molar-refractivity contribution in [3.63, 3.8) is 0 Å². The Morgan fingerprint density at radius 1 is 1.26 bits per heavy atom. The van der Waals surface area contributed by atoms with Crippen molar-refractivity contribution in [2.75, 3.05) is 6.54 Å². The number of hydrogen-bond acceptors (Lipinski definition) is 2. The average Bonchev–Trinajstić information content (AvgIpc) is 3.02. The molecule has 0 spiro atoms. The predicted molar refractivity (Wildman–Crippen MR) is 86.4 cm³/mol. The van der Waals surface area contributed by atoms with Crippen molar-refractivity contribution in [1.29, 1.82) is 0 Å². The van der Waals surface area contributed by atoms with Crippen molar-refractivity contribution in [1.82, 2.24) is 9.88 Å². The van der Waals surface area contributed by atoms with Gasteiger partial charge in [-0.15, -0.1) is 0 Å². The van der Waals surface area contributed by atoms with Crippen molar-refractivity contribution < 1.29 is 14.7 Å². The van der Waals surface area contributed by atoms with E-state index in [0.29, 0.717) is 24.1 Å². The van der Waals surface area contributed by atoms with E-state index in [4.69, 9.17) is 0 Å². The Morgan fingerprint density at radius 3 is 2.70 bits per heavy atom. The van der Waals surface area contributed by atoms with Crippen LogP contribution in [0, 0.1) is 0 Å². The summed E-state index contributed by atoms with van der Waals surface area (Å²) >= 11 is 0. The molecule has 5 nitrogen and oxygen atoms in total. The molecule has 1 amide bonds. The Bertz CT molecular complexity index is 748. The van der Waals surface area contributed by atoms with Gasteiger partial charge in [-0.3, -0.25) is 4.79 Å². The number of carbonyl (C=O) groups is 2. The highest BCUT2D eigenvalue weighted by atomic mass is 16.4. The van der Waals surface area contributed by atoms with Gasteiger partial charge < -0.3 is 15.0 Å². The number of aromatic nitrogens is 1. The Morgan fingerprint density at radius 2 is 2.00 bits per heavy atom. The zero-order valence-electron chi connectivity index (χ0n) is 13.2. The number of amides is 1. The molecule has 0 radical (unpaired) electrons. The lowest BCUT2D eigenvalue weighted by Gasteiger charge is -2.35. The van der Waals surface area contributed by atoms with Crippen LogP contribution in [0.4, 0.5) is 0 Å². The maximum absolute atomic E-state index is 13.0. The van der Waals surface area contributed by atoms with Crippen LogP contribution in [0.3, 0.4) is 0 Å². The molecular formula is C18H20N2O3. The minimum Gasteiger partial charge on any atom is -0.479 e. The summed E-state index contributed by atoms with van der Waals surface area (Å²) in [6.07, 6.45) is 2.41. The molecule has 2 heterocycles. The third-order valence-electron chi connectivity index (χ3n) is 4.36. The smallest absolute Gasteiger partial charge is 0.331 e. The van der Waals surface area contributed by atoms with Crippen LogP contribution in [-0.2, 0) is 11.2 Å². The van der Waals surface area contributed by atoms with Crippen molar-refractivity contribution in [2.24, 2.45) is 0 Å². The van der Waals surface area contributed by atoms with Crippen LogP contribution in [0.5, 0.6) is 0 Å². The third-order valence-corrected chi connectivity index (χ3v) is 4.36.